The third-order valence-corrected chi connectivity index (χ3v) is 4.86. The number of anilines is 1. The van der Waals surface area contributed by atoms with Crippen LogP contribution in [0.15, 0.2) is 54.6 Å². The molecule has 6 nitrogen and oxygen atoms in total. The van der Waals surface area contributed by atoms with Crippen molar-refractivity contribution in [3.8, 4) is 0 Å². The van der Waals surface area contributed by atoms with Crippen LogP contribution in [0, 0.1) is 0 Å². The molecule has 28 heavy (non-hydrogen) atoms. The maximum Gasteiger partial charge on any atom is 0.251 e. The number of amides is 2. The molecule has 0 radical (unpaired) electrons. The van der Waals surface area contributed by atoms with Gasteiger partial charge in [0.25, 0.3) is 5.91 Å². The number of hydrogen-bond donors (Lipinski definition) is 3. The molecule has 0 bridgehead atoms. The minimum absolute atomic E-state index is 0.127. The van der Waals surface area contributed by atoms with Crippen LogP contribution in [0.3, 0.4) is 0 Å². The van der Waals surface area contributed by atoms with E-state index in [2.05, 4.69) is 29.4 Å². The number of nitrogens with one attached hydrogen (secondary N) is 2. The van der Waals surface area contributed by atoms with Crippen LogP contribution < -0.4 is 16.4 Å². The van der Waals surface area contributed by atoms with E-state index in [4.69, 9.17) is 5.73 Å². The largest absolute Gasteiger partial charge is 0.351 e. The van der Waals surface area contributed by atoms with E-state index in [0.717, 1.165) is 25.2 Å². The molecule has 0 aliphatic carbocycles. The molecular formula is C22H30N4O2. The smallest absolute Gasteiger partial charge is 0.251 e. The van der Waals surface area contributed by atoms with E-state index in [0.29, 0.717) is 17.8 Å². The first-order valence-corrected chi connectivity index (χ1v) is 9.65. The second-order valence-corrected chi connectivity index (χ2v) is 6.88. The van der Waals surface area contributed by atoms with Crippen molar-refractivity contribution in [2.45, 2.75) is 26.3 Å². The number of carbonyl (C=O) groups excluding carboxylic acids is 2. The van der Waals surface area contributed by atoms with E-state index >= 15 is 0 Å². The Morgan fingerprint density at radius 2 is 1.61 bits per heavy atom. The fraction of sp³-hybridized carbons (Fsp3) is 0.364. The molecule has 0 saturated carbocycles. The SMILES string of the molecule is CCN(CC)CCNC(=O)c1ccc(NC(=O)C(C)(N)c2ccccc2)cc1. The van der Waals surface area contributed by atoms with E-state index in [1.54, 1.807) is 31.2 Å². The third-order valence-electron chi connectivity index (χ3n) is 4.86. The Balaban J connectivity index is 1.93. The van der Waals surface area contributed by atoms with Gasteiger partial charge in [0.1, 0.15) is 5.54 Å². The summed E-state index contributed by atoms with van der Waals surface area (Å²) in [5, 5.41) is 5.73. The first-order chi connectivity index (χ1) is 13.4. The highest BCUT2D eigenvalue weighted by molar-refractivity contribution is 5.99. The van der Waals surface area contributed by atoms with Gasteiger partial charge in [0.15, 0.2) is 0 Å². The lowest BCUT2D eigenvalue weighted by molar-refractivity contribution is -0.120. The summed E-state index contributed by atoms with van der Waals surface area (Å²) in [7, 11) is 0. The Morgan fingerprint density at radius 1 is 1.00 bits per heavy atom. The Morgan fingerprint density at radius 3 is 2.18 bits per heavy atom. The molecule has 0 aliphatic rings. The van der Waals surface area contributed by atoms with E-state index in [1.165, 1.54) is 0 Å². The van der Waals surface area contributed by atoms with Crippen LogP contribution in [0.5, 0.6) is 0 Å². The average molecular weight is 383 g/mol. The number of benzene rings is 2. The summed E-state index contributed by atoms with van der Waals surface area (Å²) in [5.74, 6) is -0.437. The zero-order valence-corrected chi connectivity index (χ0v) is 16.9. The molecule has 1 atom stereocenters. The van der Waals surface area contributed by atoms with Crippen LogP contribution >= 0.6 is 0 Å². The van der Waals surface area contributed by atoms with Crippen molar-refractivity contribution >= 4 is 17.5 Å². The van der Waals surface area contributed by atoms with Crippen molar-refractivity contribution in [1.82, 2.24) is 10.2 Å². The van der Waals surface area contributed by atoms with Gasteiger partial charge < -0.3 is 21.3 Å². The molecule has 4 N–H and O–H groups in total. The summed E-state index contributed by atoms with van der Waals surface area (Å²) < 4.78 is 0. The molecule has 6 heteroatoms. The second-order valence-electron chi connectivity index (χ2n) is 6.88. The molecule has 2 amide bonds. The third kappa shape index (κ3) is 5.65. The molecule has 2 rings (SSSR count). The summed E-state index contributed by atoms with van der Waals surface area (Å²) in [6, 6.07) is 16.0. The Hall–Kier alpha value is -2.70. The van der Waals surface area contributed by atoms with Gasteiger partial charge in [0.05, 0.1) is 0 Å². The van der Waals surface area contributed by atoms with Crippen LogP contribution in [-0.4, -0.2) is 42.9 Å². The summed E-state index contributed by atoms with van der Waals surface area (Å²) in [5.41, 5.74) is 6.96. The Bertz CT molecular complexity index is 769. The number of rotatable bonds is 9. The van der Waals surface area contributed by atoms with Crippen molar-refractivity contribution in [1.29, 1.82) is 0 Å². The molecule has 1 unspecified atom stereocenters. The quantitative estimate of drug-likeness (QED) is 0.622. The molecule has 0 fully saturated rings. The average Bonchev–Trinajstić information content (AvgIpc) is 2.72. The van der Waals surface area contributed by atoms with Crippen molar-refractivity contribution in [3.05, 3.63) is 65.7 Å². The molecule has 0 spiro atoms. The van der Waals surface area contributed by atoms with Gasteiger partial charge in [-0.1, -0.05) is 44.2 Å². The number of likely N-dealkylation sites (N-methyl/N-ethyl adjacent to an activating group) is 1. The molecule has 150 valence electrons. The van der Waals surface area contributed by atoms with Crippen LogP contribution in [0.1, 0.15) is 36.7 Å². The minimum Gasteiger partial charge on any atom is -0.351 e. The summed E-state index contributed by atoms with van der Waals surface area (Å²) in [6.45, 7) is 9.22. The van der Waals surface area contributed by atoms with Gasteiger partial charge in [-0.3, -0.25) is 9.59 Å². The van der Waals surface area contributed by atoms with Crippen molar-refractivity contribution in [2.75, 3.05) is 31.5 Å². The standard InChI is InChI=1S/C22H30N4O2/c1-4-26(5-2)16-15-24-20(27)17-11-13-19(14-12-17)25-21(28)22(3,23)18-9-7-6-8-10-18/h6-14H,4-5,15-16,23H2,1-3H3,(H,24,27)(H,25,28). The number of carbonyl (C=O) groups is 2. The van der Waals surface area contributed by atoms with E-state index in [1.807, 2.05) is 30.3 Å². The van der Waals surface area contributed by atoms with Crippen molar-refractivity contribution < 1.29 is 9.59 Å². The van der Waals surface area contributed by atoms with Gasteiger partial charge in [0, 0.05) is 24.3 Å². The maximum atomic E-state index is 12.6. The van der Waals surface area contributed by atoms with Gasteiger partial charge in [-0.25, -0.2) is 0 Å². The second kappa shape index (κ2) is 10.0. The highest BCUT2D eigenvalue weighted by Crippen LogP contribution is 2.20. The number of hydrogen-bond acceptors (Lipinski definition) is 4. The topological polar surface area (TPSA) is 87.5 Å². The summed E-state index contributed by atoms with van der Waals surface area (Å²) in [4.78, 5) is 27.1. The lowest BCUT2D eigenvalue weighted by Crippen LogP contribution is -2.45. The predicted octanol–water partition coefficient (Wildman–Crippen LogP) is 2.57. The molecular weight excluding hydrogens is 352 g/mol. The van der Waals surface area contributed by atoms with Crippen LogP contribution in [-0.2, 0) is 10.3 Å². The molecule has 2 aromatic rings. The maximum absolute atomic E-state index is 12.6. The van der Waals surface area contributed by atoms with E-state index in [9.17, 15) is 9.59 Å². The monoisotopic (exact) mass is 382 g/mol. The van der Waals surface area contributed by atoms with Crippen molar-refractivity contribution in [3.63, 3.8) is 0 Å². The van der Waals surface area contributed by atoms with Crippen molar-refractivity contribution in [2.24, 2.45) is 5.73 Å². The van der Waals surface area contributed by atoms with Gasteiger partial charge in [0.2, 0.25) is 5.91 Å². The predicted molar refractivity (Wildman–Crippen MR) is 113 cm³/mol. The number of nitrogens with zero attached hydrogens (tertiary/aromatic N) is 1. The summed E-state index contributed by atoms with van der Waals surface area (Å²) >= 11 is 0. The Kier molecular flexibility index (Phi) is 7.72. The normalized spacial score (nSPS) is 13.0. The minimum atomic E-state index is -1.15. The zero-order valence-electron chi connectivity index (χ0n) is 16.9. The van der Waals surface area contributed by atoms with E-state index < -0.39 is 5.54 Å². The van der Waals surface area contributed by atoms with Crippen LogP contribution in [0.25, 0.3) is 0 Å². The van der Waals surface area contributed by atoms with Gasteiger partial charge in [-0.15, -0.1) is 0 Å². The first kappa shape index (κ1) is 21.6. The zero-order chi connectivity index (χ0) is 20.6. The fourth-order valence-electron chi connectivity index (χ4n) is 2.85. The number of nitrogens with two attached hydrogens (primary N) is 1. The molecule has 0 aliphatic heterocycles. The van der Waals surface area contributed by atoms with Gasteiger partial charge >= 0.3 is 0 Å². The molecule has 0 saturated heterocycles. The summed E-state index contributed by atoms with van der Waals surface area (Å²) in [6.07, 6.45) is 0. The molecule has 2 aromatic carbocycles. The lowest BCUT2D eigenvalue weighted by atomic mass is 9.92. The van der Waals surface area contributed by atoms with Crippen LogP contribution in [0.4, 0.5) is 5.69 Å². The lowest BCUT2D eigenvalue weighted by Gasteiger charge is -2.24. The highest BCUT2D eigenvalue weighted by Gasteiger charge is 2.30. The molecule has 0 aromatic heterocycles. The highest BCUT2D eigenvalue weighted by atomic mass is 16.2. The Labute approximate surface area is 167 Å². The van der Waals surface area contributed by atoms with Gasteiger partial charge in [-0.05, 0) is 49.8 Å². The fourth-order valence-corrected chi connectivity index (χ4v) is 2.85. The van der Waals surface area contributed by atoms with E-state index in [-0.39, 0.29) is 11.8 Å². The molecule has 0 heterocycles. The van der Waals surface area contributed by atoms with Crippen LogP contribution in [0.2, 0.25) is 0 Å². The first-order valence-electron chi connectivity index (χ1n) is 9.65. The van der Waals surface area contributed by atoms with Gasteiger partial charge in [-0.2, -0.15) is 0 Å².